The van der Waals surface area contributed by atoms with Crippen molar-refractivity contribution in [3.63, 3.8) is 0 Å². The number of hydrogen-bond acceptors (Lipinski definition) is 6. The first-order valence-corrected chi connectivity index (χ1v) is 8.01. The van der Waals surface area contributed by atoms with Crippen LogP contribution in [0.2, 0.25) is 0 Å². The van der Waals surface area contributed by atoms with Gasteiger partial charge >= 0.3 is 0 Å². The highest BCUT2D eigenvalue weighted by Gasteiger charge is 2.09. The fourth-order valence-electron chi connectivity index (χ4n) is 1.63. The van der Waals surface area contributed by atoms with E-state index in [2.05, 4.69) is 33.8 Å². The van der Waals surface area contributed by atoms with Gasteiger partial charge in [-0.05, 0) is 19.6 Å². The third kappa shape index (κ3) is 5.65. The molecule has 6 heteroatoms. The van der Waals surface area contributed by atoms with Gasteiger partial charge in [0.15, 0.2) is 5.82 Å². The zero-order valence-corrected chi connectivity index (χ0v) is 13.0. The molecular formula is C13H24N4OS. The molecule has 0 spiro atoms. The van der Waals surface area contributed by atoms with E-state index in [1.165, 1.54) is 0 Å². The molecule has 0 saturated carbocycles. The first-order chi connectivity index (χ1) is 9.23. The van der Waals surface area contributed by atoms with E-state index in [9.17, 15) is 0 Å². The standard InChI is InChI=1S/C13H24N4OS/c1-5-10(9-19-4)15-12-7-11(14-3)16-13(17-12)8-18-6-2/h7,10H,5-6,8-9H2,1-4H3,(H2,14,15,16,17). The molecule has 0 amide bonds. The molecule has 108 valence electrons. The van der Waals surface area contributed by atoms with Crippen molar-refractivity contribution in [2.75, 3.05) is 36.3 Å². The van der Waals surface area contributed by atoms with Gasteiger partial charge in [-0.2, -0.15) is 11.8 Å². The van der Waals surface area contributed by atoms with Crippen LogP contribution >= 0.6 is 11.8 Å². The summed E-state index contributed by atoms with van der Waals surface area (Å²) in [4.78, 5) is 8.87. The molecule has 0 fully saturated rings. The summed E-state index contributed by atoms with van der Waals surface area (Å²) in [5.74, 6) is 3.44. The Kier molecular flexibility index (Phi) is 7.59. The Balaban J connectivity index is 2.80. The van der Waals surface area contributed by atoms with Crippen molar-refractivity contribution in [3.8, 4) is 0 Å². The first kappa shape index (κ1) is 16.0. The average Bonchev–Trinajstić information content (AvgIpc) is 2.44. The average molecular weight is 284 g/mol. The van der Waals surface area contributed by atoms with Crippen molar-refractivity contribution < 1.29 is 4.74 Å². The van der Waals surface area contributed by atoms with Gasteiger partial charge in [-0.15, -0.1) is 0 Å². The van der Waals surface area contributed by atoms with E-state index in [4.69, 9.17) is 4.74 Å². The number of hydrogen-bond donors (Lipinski definition) is 2. The van der Waals surface area contributed by atoms with E-state index < -0.39 is 0 Å². The number of aromatic nitrogens is 2. The normalized spacial score (nSPS) is 12.2. The Labute approximate surface area is 119 Å². The molecule has 1 heterocycles. The Bertz CT molecular complexity index is 376. The van der Waals surface area contributed by atoms with Crippen molar-refractivity contribution in [1.82, 2.24) is 9.97 Å². The van der Waals surface area contributed by atoms with Crippen LogP contribution in [0, 0.1) is 0 Å². The van der Waals surface area contributed by atoms with Gasteiger partial charge in [0, 0.05) is 31.5 Å². The highest BCUT2D eigenvalue weighted by molar-refractivity contribution is 7.98. The second-order valence-corrected chi connectivity index (χ2v) is 5.06. The molecule has 0 aliphatic heterocycles. The summed E-state index contributed by atoms with van der Waals surface area (Å²) in [5, 5.41) is 6.51. The molecule has 1 unspecified atom stereocenters. The lowest BCUT2D eigenvalue weighted by Crippen LogP contribution is -2.22. The van der Waals surface area contributed by atoms with Crippen LogP contribution in [0.3, 0.4) is 0 Å². The molecule has 0 aliphatic carbocycles. The van der Waals surface area contributed by atoms with Crippen molar-refractivity contribution in [3.05, 3.63) is 11.9 Å². The minimum atomic E-state index is 0.426. The molecule has 0 bridgehead atoms. The molecule has 0 aliphatic rings. The number of nitrogens with zero attached hydrogens (tertiary/aromatic N) is 2. The predicted molar refractivity (Wildman–Crippen MR) is 83.0 cm³/mol. The van der Waals surface area contributed by atoms with Crippen molar-refractivity contribution in [2.24, 2.45) is 0 Å². The second kappa shape index (κ2) is 8.98. The third-order valence-corrected chi connectivity index (χ3v) is 3.41. The molecule has 1 rings (SSSR count). The highest BCUT2D eigenvalue weighted by atomic mass is 32.2. The number of rotatable bonds is 9. The van der Waals surface area contributed by atoms with Gasteiger partial charge in [0.1, 0.15) is 18.2 Å². The highest BCUT2D eigenvalue weighted by Crippen LogP contribution is 2.15. The molecule has 19 heavy (non-hydrogen) atoms. The van der Waals surface area contributed by atoms with Crippen LogP contribution in [0.1, 0.15) is 26.1 Å². The molecular weight excluding hydrogens is 260 g/mol. The summed E-state index contributed by atoms with van der Waals surface area (Å²) in [6.07, 6.45) is 3.18. The van der Waals surface area contributed by atoms with Gasteiger partial charge < -0.3 is 15.4 Å². The van der Waals surface area contributed by atoms with Crippen LogP contribution in [0.25, 0.3) is 0 Å². The number of thioether (sulfide) groups is 1. The minimum absolute atomic E-state index is 0.426. The number of anilines is 2. The van der Waals surface area contributed by atoms with E-state index in [1.54, 1.807) is 0 Å². The van der Waals surface area contributed by atoms with Gasteiger partial charge in [-0.3, -0.25) is 0 Å². The van der Waals surface area contributed by atoms with Gasteiger partial charge in [-0.25, -0.2) is 9.97 Å². The summed E-state index contributed by atoms with van der Waals surface area (Å²) in [7, 11) is 1.86. The largest absolute Gasteiger partial charge is 0.374 e. The Morgan fingerprint density at radius 3 is 2.63 bits per heavy atom. The van der Waals surface area contributed by atoms with E-state index in [1.807, 2.05) is 31.8 Å². The van der Waals surface area contributed by atoms with Crippen LogP contribution in [0.15, 0.2) is 6.07 Å². The predicted octanol–water partition coefficient (Wildman–Crippen LogP) is 2.61. The summed E-state index contributed by atoms with van der Waals surface area (Å²) >= 11 is 1.84. The Hall–Kier alpha value is -1.01. The van der Waals surface area contributed by atoms with E-state index in [0.29, 0.717) is 25.1 Å². The number of ether oxygens (including phenoxy) is 1. The minimum Gasteiger partial charge on any atom is -0.374 e. The lowest BCUT2D eigenvalue weighted by atomic mass is 10.2. The monoisotopic (exact) mass is 284 g/mol. The number of nitrogens with one attached hydrogen (secondary N) is 2. The van der Waals surface area contributed by atoms with Crippen LogP contribution in [0.5, 0.6) is 0 Å². The maximum atomic E-state index is 5.37. The maximum Gasteiger partial charge on any atom is 0.158 e. The van der Waals surface area contributed by atoms with Gasteiger partial charge in [-0.1, -0.05) is 6.92 Å². The van der Waals surface area contributed by atoms with Gasteiger partial charge in [0.25, 0.3) is 0 Å². The molecule has 1 aromatic heterocycles. The quantitative estimate of drug-likeness (QED) is 0.727. The lowest BCUT2D eigenvalue weighted by molar-refractivity contribution is 0.128. The smallest absolute Gasteiger partial charge is 0.158 e. The molecule has 0 saturated heterocycles. The lowest BCUT2D eigenvalue weighted by Gasteiger charge is -2.17. The maximum absolute atomic E-state index is 5.37. The van der Waals surface area contributed by atoms with Crippen LogP contribution in [-0.2, 0) is 11.3 Å². The summed E-state index contributed by atoms with van der Waals surface area (Å²) in [6, 6.07) is 2.35. The van der Waals surface area contributed by atoms with Crippen LogP contribution in [-0.4, -0.2) is 41.7 Å². The summed E-state index contributed by atoms with van der Waals surface area (Å²) in [5.41, 5.74) is 0. The topological polar surface area (TPSA) is 59.1 Å². The van der Waals surface area contributed by atoms with Crippen LogP contribution < -0.4 is 10.6 Å². The van der Waals surface area contributed by atoms with Crippen LogP contribution in [0.4, 0.5) is 11.6 Å². The Morgan fingerprint density at radius 2 is 2.05 bits per heavy atom. The third-order valence-electron chi connectivity index (χ3n) is 2.68. The van der Waals surface area contributed by atoms with Crippen molar-refractivity contribution >= 4 is 23.4 Å². The fraction of sp³-hybridized carbons (Fsp3) is 0.692. The van der Waals surface area contributed by atoms with E-state index >= 15 is 0 Å². The SMILES string of the molecule is CCOCc1nc(NC)cc(NC(CC)CSC)n1. The van der Waals surface area contributed by atoms with Crippen molar-refractivity contribution in [1.29, 1.82) is 0 Å². The zero-order valence-electron chi connectivity index (χ0n) is 12.2. The van der Waals surface area contributed by atoms with Crippen molar-refractivity contribution in [2.45, 2.75) is 32.9 Å². The second-order valence-electron chi connectivity index (χ2n) is 4.15. The van der Waals surface area contributed by atoms with E-state index in [0.717, 1.165) is 23.8 Å². The first-order valence-electron chi connectivity index (χ1n) is 6.62. The molecule has 0 radical (unpaired) electrons. The summed E-state index contributed by atoms with van der Waals surface area (Å²) in [6.45, 7) is 5.25. The fourth-order valence-corrected chi connectivity index (χ4v) is 2.35. The molecule has 1 atom stereocenters. The summed E-state index contributed by atoms with van der Waals surface area (Å²) < 4.78 is 5.37. The molecule has 2 N–H and O–H groups in total. The van der Waals surface area contributed by atoms with Gasteiger partial charge in [0.2, 0.25) is 0 Å². The van der Waals surface area contributed by atoms with E-state index in [-0.39, 0.29) is 0 Å². The Morgan fingerprint density at radius 1 is 1.32 bits per heavy atom. The molecule has 5 nitrogen and oxygen atoms in total. The molecule has 1 aromatic rings. The molecule has 0 aromatic carbocycles. The van der Waals surface area contributed by atoms with Gasteiger partial charge in [0.05, 0.1) is 0 Å². The zero-order chi connectivity index (χ0) is 14.1.